The lowest BCUT2D eigenvalue weighted by molar-refractivity contribution is -0.123. The van der Waals surface area contributed by atoms with E-state index in [2.05, 4.69) is 17.6 Å². The van der Waals surface area contributed by atoms with Crippen LogP contribution in [0, 0.1) is 12.3 Å². The zero-order chi connectivity index (χ0) is 17.3. The van der Waals surface area contributed by atoms with Gasteiger partial charge in [-0.15, -0.1) is 11.3 Å². The lowest BCUT2D eigenvalue weighted by atomic mass is 9.83. The average Bonchev–Trinajstić information content (AvgIpc) is 2.79. The molecule has 0 unspecified atom stereocenters. The van der Waals surface area contributed by atoms with Crippen molar-refractivity contribution in [3.05, 3.63) is 16.5 Å². The Morgan fingerprint density at radius 1 is 1.17 bits per heavy atom. The van der Waals surface area contributed by atoms with E-state index in [1.807, 2.05) is 33.8 Å². The molecule has 1 saturated carbocycles. The van der Waals surface area contributed by atoms with Crippen LogP contribution in [0.25, 0.3) is 0 Å². The molecule has 0 radical (unpaired) electrons. The van der Waals surface area contributed by atoms with Crippen LogP contribution < -0.4 is 10.6 Å². The van der Waals surface area contributed by atoms with Gasteiger partial charge in [0, 0.05) is 11.0 Å². The smallest absolute Gasteiger partial charge is 0.262 e. The van der Waals surface area contributed by atoms with Gasteiger partial charge in [0.25, 0.3) is 5.91 Å². The molecule has 2 amide bonds. The van der Waals surface area contributed by atoms with Crippen molar-refractivity contribution in [1.29, 1.82) is 0 Å². The monoisotopic (exact) mass is 336 g/mol. The molecule has 0 bridgehead atoms. The zero-order valence-corrected chi connectivity index (χ0v) is 15.7. The molecule has 23 heavy (non-hydrogen) atoms. The summed E-state index contributed by atoms with van der Waals surface area (Å²) in [6, 6.07) is 1.88. The Bertz CT molecular complexity index is 593. The van der Waals surface area contributed by atoms with Crippen molar-refractivity contribution < 1.29 is 9.59 Å². The molecule has 0 aliphatic heterocycles. The van der Waals surface area contributed by atoms with Crippen molar-refractivity contribution in [3.63, 3.8) is 0 Å². The SMILES string of the molecule is Cc1cc(NC(=O)C(C)(C)C)sc1C(=O)NC1(C)CCCCC1. The van der Waals surface area contributed by atoms with E-state index in [-0.39, 0.29) is 17.4 Å². The van der Waals surface area contributed by atoms with Gasteiger partial charge in [0.05, 0.1) is 9.88 Å². The minimum Gasteiger partial charge on any atom is -0.346 e. The van der Waals surface area contributed by atoms with Gasteiger partial charge in [-0.05, 0) is 38.3 Å². The lowest BCUT2D eigenvalue weighted by Gasteiger charge is -2.34. The summed E-state index contributed by atoms with van der Waals surface area (Å²) in [5.41, 5.74) is 0.368. The fourth-order valence-corrected chi connectivity index (χ4v) is 3.82. The zero-order valence-electron chi connectivity index (χ0n) is 14.8. The number of thiophene rings is 1. The Balaban J connectivity index is 2.08. The Kier molecular flexibility index (Phi) is 5.19. The molecule has 1 aliphatic rings. The molecule has 4 nitrogen and oxygen atoms in total. The summed E-state index contributed by atoms with van der Waals surface area (Å²) in [7, 11) is 0. The van der Waals surface area contributed by atoms with Crippen LogP contribution in [0.1, 0.15) is 75.0 Å². The van der Waals surface area contributed by atoms with Gasteiger partial charge in [-0.1, -0.05) is 40.0 Å². The van der Waals surface area contributed by atoms with Crippen molar-refractivity contribution in [2.75, 3.05) is 5.32 Å². The third kappa shape index (κ3) is 4.56. The fourth-order valence-electron chi connectivity index (χ4n) is 2.86. The number of anilines is 1. The van der Waals surface area contributed by atoms with Crippen LogP contribution in [-0.2, 0) is 4.79 Å². The Morgan fingerprint density at radius 2 is 1.78 bits per heavy atom. The van der Waals surface area contributed by atoms with Crippen LogP contribution in [0.2, 0.25) is 0 Å². The second kappa shape index (κ2) is 6.63. The molecule has 5 heteroatoms. The van der Waals surface area contributed by atoms with Gasteiger partial charge in [-0.25, -0.2) is 0 Å². The van der Waals surface area contributed by atoms with Crippen LogP contribution >= 0.6 is 11.3 Å². The molecule has 0 aromatic carbocycles. The highest BCUT2D eigenvalue weighted by atomic mass is 32.1. The van der Waals surface area contributed by atoms with Gasteiger partial charge in [0.2, 0.25) is 5.91 Å². The molecule has 2 N–H and O–H groups in total. The van der Waals surface area contributed by atoms with E-state index in [4.69, 9.17) is 0 Å². The molecule has 0 saturated heterocycles. The van der Waals surface area contributed by atoms with E-state index in [1.54, 1.807) is 0 Å². The summed E-state index contributed by atoms with van der Waals surface area (Å²) < 4.78 is 0. The summed E-state index contributed by atoms with van der Waals surface area (Å²) in [6.45, 7) is 9.68. The van der Waals surface area contributed by atoms with Crippen molar-refractivity contribution in [2.45, 2.75) is 72.3 Å². The minimum absolute atomic E-state index is 0.0202. The third-order valence-electron chi connectivity index (χ3n) is 4.41. The largest absolute Gasteiger partial charge is 0.346 e. The van der Waals surface area contributed by atoms with Gasteiger partial charge in [-0.2, -0.15) is 0 Å². The van der Waals surface area contributed by atoms with E-state index < -0.39 is 5.41 Å². The highest BCUT2D eigenvalue weighted by Crippen LogP contribution is 2.31. The highest BCUT2D eigenvalue weighted by Gasteiger charge is 2.30. The first-order valence-electron chi connectivity index (χ1n) is 8.35. The molecule has 0 spiro atoms. The number of carbonyl (C=O) groups is 2. The van der Waals surface area contributed by atoms with E-state index in [1.165, 1.54) is 30.6 Å². The molecule has 0 atom stereocenters. The normalized spacial score (nSPS) is 17.6. The first kappa shape index (κ1) is 18.0. The van der Waals surface area contributed by atoms with Crippen LogP contribution in [0.4, 0.5) is 5.00 Å². The molecular weight excluding hydrogens is 308 g/mol. The second-order valence-corrected chi connectivity index (χ2v) is 8.95. The first-order chi connectivity index (χ1) is 10.6. The van der Waals surface area contributed by atoms with Gasteiger partial charge < -0.3 is 10.6 Å². The topological polar surface area (TPSA) is 58.2 Å². The van der Waals surface area contributed by atoms with Gasteiger partial charge in [0.1, 0.15) is 0 Å². The van der Waals surface area contributed by atoms with Crippen LogP contribution in [0.5, 0.6) is 0 Å². The summed E-state index contributed by atoms with van der Waals surface area (Å²) in [4.78, 5) is 25.4. The number of aryl methyl sites for hydroxylation is 1. The Hall–Kier alpha value is -1.36. The highest BCUT2D eigenvalue weighted by molar-refractivity contribution is 7.18. The average molecular weight is 337 g/mol. The maximum Gasteiger partial charge on any atom is 0.262 e. The van der Waals surface area contributed by atoms with Crippen LogP contribution in [-0.4, -0.2) is 17.4 Å². The summed E-state index contributed by atoms with van der Waals surface area (Å²) >= 11 is 1.36. The second-order valence-electron chi connectivity index (χ2n) is 7.90. The van der Waals surface area contributed by atoms with E-state index >= 15 is 0 Å². The van der Waals surface area contributed by atoms with Crippen molar-refractivity contribution in [2.24, 2.45) is 5.41 Å². The summed E-state index contributed by atoms with van der Waals surface area (Å²) in [5.74, 6) is -0.0573. The molecule has 1 aliphatic carbocycles. The van der Waals surface area contributed by atoms with Crippen LogP contribution in [0.15, 0.2) is 6.07 Å². The third-order valence-corrected chi connectivity index (χ3v) is 5.57. The molecule has 1 heterocycles. The molecule has 1 aromatic heterocycles. The first-order valence-corrected chi connectivity index (χ1v) is 9.17. The fraction of sp³-hybridized carbons (Fsp3) is 0.667. The summed E-state index contributed by atoms with van der Waals surface area (Å²) in [5, 5.41) is 6.86. The van der Waals surface area contributed by atoms with Crippen molar-refractivity contribution in [3.8, 4) is 0 Å². The maximum absolute atomic E-state index is 12.6. The van der Waals surface area contributed by atoms with E-state index in [0.29, 0.717) is 4.88 Å². The Labute approximate surface area is 143 Å². The number of rotatable bonds is 3. The van der Waals surface area contributed by atoms with Gasteiger partial charge in [0.15, 0.2) is 0 Å². The van der Waals surface area contributed by atoms with Crippen molar-refractivity contribution >= 4 is 28.2 Å². The van der Waals surface area contributed by atoms with Crippen LogP contribution in [0.3, 0.4) is 0 Å². The van der Waals surface area contributed by atoms with Gasteiger partial charge >= 0.3 is 0 Å². The number of nitrogens with one attached hydrogen (secondary N) is 2. The lowest BCUT2D eigenvalue weighted by Crippen LogP contribution is -2.47. The number of hydrogen-bond donors (Lipinski definition) is 2. The number of hydrogen-bond acceptors (Lipinski definition) is 3. The molecule has 2 rings (SSSR count). The van der Waals surface area contributed by atoms with E-state index in [0.717, 1.165) is 23.4 Å². The Morgan fingerprint density at radius 3 is 2.35 bits per heavy atom. The minimum atomic E-state index is -0.449. The predicted molar refractivity (Wildman–Crippen MR) is 96.1 cm³/mol. The van der Waals surface area contributed by atoms with Crippen molar-refractivity contribution in [1.82, 2.24) is 5.32 Å². The van der Waals surface area contributed by atoms with Gasteiger partial charge in [-0.3, -0.25) is 9.59 Å². The molecular formula is C18H28N2O2S. The number of carbonyl (C=O) groups excluding carboxylic acids is 2. The summed E-state index contributed by atoms with van der Waals surface area (Å²) in [6.07, 6.45) is 5.68. The number of amides is 2. The predicted octanol–water partition coefficient (Wildman–Crippen LogP) is 4.49. The molecule has 1 fully saturated rings. The molecule has 1 aromatic rings. The molecule has 128 valence electrons. The van der Waals surface area contributed by atoms with E-state index in [9.17, 15) is 9.59 Å². The standard InChI is InChI=1S/C18H28N2O2S/c1-12-11-13(19-16(22)17(2,3)4)23-14(12)15(21)20-18(5)9-7-6-8-10-18/h11H,6-10H2,1-5H3,(H,19,22)(H,20,21). The maximum atomic E-state index is 12.6. The quantitative estimate of drug-likeness (QED) is 0.854.